The number of aryl methyl sites for hydroxylation is 1. The van der Waals surface area contributed by atoms with E-state index in [0.29, 0.717) is 5.92 Å². The van der Waals surface area contributed by atoms with Gasteiger partial charge in [-0.15, -0.1) is 0 Å². The summed E-state index contributed by atoms with van der Waals surface area (Å²) in [4.78, 5) is 26.0. The molecule has 4 heteroatoms. The fraction of sp³-hybridized carbons (Fsp3) is 0.600. The van der Waals surface area contributed by atoms with E-state index >= 15 is 0 Å². The number of carbonyl (C=O) groups excluding carboxylic acids is 2. The van der Waals surface area contributed by atoms with Gasteiger partial charge in [0.2, 0.25) is 11.8 Å². The molecular weight excluding hydrogens is 300 g/mol. The van der Waals surface area contributed by atoms with Gasteiger partial charge in [-0.1, -0.05) is 51.1 Å². The van der Waals surface area contributed by atoms with Gasteiger partial charge in [-0.2, -0.15) is 0 Å². The SMILES string of the molecule is CC(C)(C)C(=O)NCC(=O)N1CCC(CCc2ccccc2)CC1. The maximum Gasteiger partial charge on any atom is 0.241 e. The van der Waals surface area contributed by atoms with Crippen LogP contribution < -0.4 is 5.32 Å². The molecule has 24 heavy (non-hydrogen) atoms. The van der Waals surface area contributed by atoms with Crippen molar-refractivity contribution in [3.63, 3.8) is 0 Å². The molecule has 0 bridgehead atoms. The molecule has 1 N–H and O–H groups in total. The molecule has 0 aromatic heterocycles. The number of rotatable bonds is 5. The first-order valence-corrected chi connectivity index (χ1v) is 8.96. The zero-order chi connectivity index (χ0) is 17.6. The number of amides is 2. The summed E-state index contributed by atoms with van der Waals surface area (Å²) in [7, 11) is 0. The van der Waals surface area contributed by atoms with E-state index in [1.807, 2.05) is 31.7 Å². The Hall–Kier alpha value is -1.84. The predicted molar refractivity (Wildman–Crippen MR) is 96.5 cm³/mol. The summed E-state index contributed by atoms with van der Waals surface area (Å²) in [6.45, 7) is 7.29. The Morgan fingerprint density at radius 1 is 1.12 bits per heavy atom. The minimum Gasteiger partial charge on any atom is -0.347 e. The van der Waals surface area contributed by atoms with E-state index in [-0.39, 0.29) is 18.4 Å². The van der Waals surface area contributed by atoms with Crippen molar-refractivity contribution in [2.75, 3.05) is 19.6 Å². The summed E-state index contributed by atoms with van der Waals surface area (Å²) in [5.41, 5.74) is 0.936. The van der Waals surface area contributed by atoms with Crippen molar-refractivity contribution in [1.82, 2.24) is 10.2 Å². The maximum absolute atomic E-state index is 12.2. The molecule has 2 rings (SSSR count). The molecule has 1 aliphatic heterocycles. The molecule has 1 heterocycles. The lowest BCUT2D eigenvalue weighted by Crippen LogP contribution is -2.46. The number of piperidine rings is 1. The number of benzene rings is 1. The van der Waals surface area contributed by atoms with Gasteiger partial charge in [0.15, 0.2) is 0 Å². The molecule has 0 atom stereocenters. The fourth-order valence-electron chi connectivity index (χ4n) is 3.02. The third kappa shape index (κ3) is 5.66. The lowest BCUT2D eigenvalue weighted by molar-refractivity contribution is -0.136. The number of hydrogen-bond donors (Lipinski definition) is 1. The van der Waals surface area contributed by atoms with Crippen LogP contribution in [0.1, 0.15) is 45.6 Å². The zero-order valence-corrected chi connectivity index (χ0v) is 15.2. The molecule has 1 aliphatic rings. The topological polar surface area (TPSA) is 49.4 Å². The first-order chi connectivity index (χ1) is 11.4. The second-order valence-corrected chi connectivity index (χ2v) is 7.78. The highest BCUT2D eigenvalue weighted by Crippen LogP contribution is 2.22. The summed E-state index contributed by atoms with van der Waals surface area (Å²) in [5.74, 6) is 0.654. The molecule has 0 radical (unpaired) electrons. The zero-order valence-electron chi connectivity index (χ0n) is 15.2. The van der Waals surface area contributed by atoms with Crippen LogP contribution >= 0.6 is 0 Å². The van der Waals surface area contributed by atoms with E-state index < -0.39 is 5.41 Å². The number of carbonyl (C=O) groups is 2. The van der Waals surface area contributed by atoms with E-state index in [2.05, 4.69) is 29.6 Å². The second-order valence-electron chi connectivity index (χ2n) is 7.78. The van der Waals surface area contributed by atoms with Crippen LogP contribution in [0, 0.1) is 11.3 Å². The summed E-state index contributed by atoms with van der Waals surface area (Å²) in [5, 5.41) is 2.75. The molecule has 1 fully saturated rings. The molecule has 4 nitrogen and oxygen atoms in total. The maximum atomic E-state index is 12.2. The highest BCUT2D eigenvalue weighted by molar-refractivity contribution is 5.87. The summed E-state index contributed by atoms with van der Waals surface area (Å²) in [6.07, 6.45) is 4.42. The van der Waals surface area contributed by atoms with E-state index in [1.54, 1.807) is 0 Å². The molecule has 1 aromatic rings. The Labute approximate surface area is 145 Å². The number of hydrogen-bond acceptors (Lipinski definition) is 2. The number of nitrogens with one attached hydrogen (secondary N) is 1. The van der Waals surface area contributed by atoms with Gasteiger partial charge in [-0.25, -0.2) is 0 Å². The average molecular weight is 330 g/mol. The van der Waals surface area contributed by atoms with Crippen LogP contribution in [0.3, 0.4) is 0 Å². The van der Waals surface area contributed by atoms with Crippen LogP contribution in [0.2, 0.25) is 0 Å². The van der Waals surface area contributed by atoms with Crippen LogP contribution in [0.5, 0.6) is 0 Å². The lowest BCUT2D eigenvalue weighted by atomic mass is 9.90. The summed E-state index contributed by atoms with van der Waals surface area (Å²) in [6, 6.07) is 10.6. The van der Waals surface area contributed by atoms with Gasteiger partial charge in [-0.05, 0) is 37.2 Å². The number of likely N-dealkylation sites (tertiary alicyclic amines) is 1. The molecule has 0 spiro atoms. The van der Waals surface area contributed by atoms with Crippen molar-refractivity contribution in [3.8, 4) is 0 Å². The predicted octanol–water partition coefficient (Wildman–Crippen LogP) is 3.02. The van der Waals surface area contributed by atoms with Gasteiger partial charge in [-0.3, -0.25) is 9.59 Å². The third-order valence-corrected chi connectivity index (χ3v) is 4.73. The molecular formula is C20H30N2O2. The lowest BCUT2D eigenvalue weighted by Gasteiger charge is -2.32. The van der Waals surface area contributed by atoms with Gasteiger partial charge in [0.05, 0.1) is 6.54 Å². The fourth-order valence-corrected chi connectivity index (χ4v) is 3.02. The van der Waals surface area contributed by atoms with Gasteiger partial charge < -0.3 is 10.2 Å². The first-order valence-electron chi connectivity index (χ1n) is 8.96. The normalized spacial score (nSPS) is 16.0. The minimum absolute atomic E-state index is 0.0362. The highest BCUT2D eigenvalue weighted by Gasteiger charge is 2.25. The standard InChI is InChI=1S/C20H30N2O2/c1-20(2,3)19(24)21-15-18(23)22-13-11-17(12-14-22)10-9-16-7-5-4-6-8-16/h4-8,17H,9-15H2,1-3H3,(H,21,24). The van der Waals surface area contributed by atoms with E-state index in [1.165, 1.54) is 12.0 Å². The van der Waals surface area contributed by atoms with Crippen LogP contribution in [0.4, 0.5) is 0 Å². The summed E-state index contributed by atoms with van der Waals surface area (Å²) >= 11 is 0. The Bertz CT molecular complexity index is 541. The van der Waals surface area contributed by atoms with Crippen LogP contribution in [0.25, 0.3) is 0 Å². The Balaban J connectivity index is 1.68. The van der Waals surface area contributed by atoms with Crippen molar-refractivity contribution in [3.05, 3.63) is 35.9 Å². The monoisotopic (exact) mass is 330 g/mol. The quantitative estimate of drug-likeness (QED) is 0.902. The third-order valence-electron chi connectivity index (χ3n) is 4.73. The molecule has 0 aliphatic carbocycles. The largest absolute Gasteiger partial charge is 0.347 e. The molecule has 1 saturated heterocycles. The van der Waals surface area contributed by atoms with E-state index in [4.69, 9.17) is 0 Å². The van der Waals surface area contributed by atoms with Gasteiger partial charge in [0.25, 0.3) is 0 Å². The molecule has 1 aromatic carbocycles. The van der Waals surface area contributed by atoms with Crippen molar-refractivity contribution in [1.29, 1.82) is 0 Å². The van der Waals surface area contributed by atoms with E-state index in [0.717, 1.165) is 32.4 Å². The van der Waals surface area contributed by atoms with Crippen LogP contribution in [-0.4, -0.2) is 36.3 Å². The second kappa shape index (κ2) is 8.32. The first kappa shape index (κ1) is 18.5. The van der Waals surface area contributed by atoms with Crippen molar-refractivity contribution >= 4 is 11.8 Å². The van der Waals surface area contributed by atoms with Crippen molar-refractivity contribution in [2.45, 2.75) is 46.5 Å². The van der Waals surface area contributed by atoms with Crippen molar-refractivity contribution in [2.24, 2.45) is 11.3 Å². The minimum atomic E-state index is -0.454. The summed E-state index contributed by atoms with van der Waals surface area (Å²) < 4.78 is 0. The van der Waals surface area contributed by atoms with Gasteiger partial charge in [0, 0.05) is 18.5 Å². The van der Waals surface area contributed by atoms with Gasteiger partial charge >= 0.3 is 0 Å². The Morgan fingerprint density at radius 3 is 2.33 bits per heavy atom. The molecule has 132 valence electrons. The van der Waals surface area contributed by atoms with E-state index in [9.17, 15) is 9.59 Å². The van der Waals surface area contributed by atoms with Crippen LogP contribution in [-0.2, 0) is 16.0 Å². The highest BCUT2D eigenvalue weighted by atomic mass is 16.2. The number of nitrogens with zero attached hydrogens (tertiary/aromatic N) is 1. The average Bonchev–Trinajstić information content (AvgIpc) is 2.58. The van der Waals surface area contributed by atoms with Crippen LogP contribution in [0.15, 0.2) is 30.3 Å². The molecule has 0 unspecified atom stereocenters. The molecule has 2 amide bonds. The van der Waals surface area contributed by atoms with Gasteiger partial charge in [0.1, 0.15) is 0 Å². The Kier molecular flexibility index (Phi) is 6.41. The Morgan fingerprint density at radius 2 is 1.75 bits per heavy atom. The van der Waals surface area contributed by atoms with Crippen molar-refractivity contribution < 1.29 is 9.59 Å². The smallest absolute Gasteiger partial charge is 0.241 e. The molecule has 0 saturated carbocycles.